The number of rotatable bonds is 6. The third-order valence-electron chi connectivity index (χ3n) is 2.67. The number of carbonyl (C=O) groups is 2. The molecular weight excluding hydrogens is 232 g/mol. The molecular formula is C14H18O4. The van der Waals surface area contributed by atoms with Gasteiger partial charge >= 0.3 is 5.97 Å². The molecule has 0 saturated carbocycles. The monoisotopic (exact) mass is 250 g/mol. The highest BCUT2D eigenvalue weighted by Gasteiger charge is 2.13. The SMILES string of the molecule is COC(=O)CCCC(=O)c1cc(C)ccc1OC. The van der Waals surface area contributed by atoms with Crippen molar-refractivity contribution < 1.29 is 19.1 Å². The van der Waals surface area contributed by atoms with Crippen LogP contribution in [0.15, 0.2) is 18.2 Å². The predicted octanol–water partition coefficient (Wildman–Crippen LogP) is 2.53. The molecule has 18 heavy (non-hydrogen) atoms. The lowest BCUT2D eigenvalue weighted by Gasteiger charge is -2.08. The molecule has 1 aromatic carbocycles. The summed E-state index contributed by atoms with van der Waals surface area (Å²) in [4.78, 5) is 23.0. The van der Waals surface area contributed by atoms with E-state index in [9.17, 15) is 9.59 Å². The smallest absolute Gasteiger partial charge is 0.305 e. The molecule has 0 aromatic heterocycles. The molecule has 4 heteroatoms. The third kappa shape index (κ3) is 3.87. The van der Waals surface area contributed by atoms with Crippen LogP contribution in [0.5, 0.6) is 5.75 Å². The molecule has 0 N–H and O–H groups in total. The lowest BCUT2D eigenvalue weighted by molar-refractivity contribution is -0.140. The van der Waals surface area contributed by atoms with Gasteiger partial charge in [-0.3, -0.25) is 9.59 Å². The Bertz CT molecular complexity index is 437. The topological polar surface area (TPSA) is 52.6 Å². The van der Waals surface area contributed by atoms with Crippen molar-refractivity contribution in [2.24, 2.45) is 0 Å². The van der Waals surface area contributed by atoms with Crippen LogP contribution in [0.1, 0.15) is 35.2 Å². The van der Waals surface area contributed by atoms with Crippen LogP contribution in [0.4, 0.5) is 0 Å². The van der Waals surface area contributed by atoms with Crippen LogP contribution >= 0.6 is 0 Å². The zero-order chi connectivity index (χ0) is 13.5. The molecule has 0 fully saturated rings. The summed E-state index contributed by atoms with van der Waals surface area (Å²) in [5.41, 5.74) is 1.58. The van der Waals surface area contributed by atoms with Crippen LogP contribution < -0.4 is 4.74 Å². The molecule has 0 bridgehead atoms. The minimum atomic E-state index is -0.293. The molecule has 0 heterocycles. The second-order valence-electron chi connectivity index (χ2n) is 4.06. The molecule has 0 amide bonds. The van der Waals surface area contributed by atoms with Gasteiger partial charge in [-0.2, -0.15) is 0 Å². The van der Waals surface area contributed by atoms with Crippen molar-refractivity contribution in [1.82, 2.24) is 0 Å². The van der Waals surface area contributed by atoms with E-state index < -0.39 is 0 Å². The first-order chi connectivity index (χ1) is 8.58. The maximum absolute atomic E-state index is 12.0. The van der Waals surface area contributed by atoms with Crippen LogP contribution in [0.25, 0.3) is 0 Å². The van der Waals surface area contributed by atoms with Gasteiger partial charge in [-0.05, 0) is 25.5 Å². The lowest BCUT2D eigenvalue weighted by Crippen LogP contribution is -2.05. The Hall–Kier alpha value is -1.84. The normalized spacial score (nSPS) is 9.94. The molecule has 98 valence electrons. The minimum Gasteiger partial charge on any atom is -0.496 e. The van der Waals surface area contributed by atoms with Gasteiger partial charge in [0.1, 0.15) is 5.75 Å². The minimum absolute atomic E-state index is 0.0144. The second-order valence-corrected chi connectivity index (χ2v) is 4.06. The average Bonchev–Trinajstić information content (AvgIpc) is 2.38. The van der Waals surface area contributed by atoms with Crippen LogP contribution in [0.3, 0.4) is 0 Å². The molecule has 0 aliphatic rings. The first-order valence-electron chi connectivity index (χ1n) is 5.83. The quantitative estimate of drug-likeness (QED) is 0.575. The van der Waals surface area contributed by atoms with Gasteiger partial charge in [0.15, 0.2) is 5.78 Å². The van der Waals surface area contributed by atoms with E-state index in [0.717, 1.165) is 5.56 Å². The van der Waals surface area contributed by atoms with Crippen LogP contribution in [0.2, 0.25) is 0 Å². The molecule has 1 aromatic rings. The maximum atomic E-state index is 12.0. The summed E-state index contributed by atoms with van der Waals surface area (Å²) in [5, 5.41) is 0. The van der Waals surface area contributed by atoms with E-state index in [2.05, 4.69) is 4.74 Å². The number of benzene rings is 1. The molecule has 0 aliphatic carbocycles. The van der Waals surface area contributed by atoms with Gasteiger partial charge < -0.3 is 9.47 Å². The fourth-order valence-corrected chi connectivity index (χ4v) is 1.67. The molecule has 0 saturated heterocycles. The van der Waals surface area contributed by atoms with E-state index in [4.69, 9.17) is 4.74 Å². The largest absolute Gasteiger partial charge is 0.496 e. The summed E-state index contributed by atoms with van der Waals surface area (Å²) in [7, 11) is 2.88. The zero-order valence-corrected chi connectivity index (χ0v) is 11.0. The first-order valence-corrected chi connectivity index (χ1v) is 5.83. The summed E-state index contributed by atoms with van der Waals surface area (Å²) < 4.78 is 9.68. The Morgan fingerprint density at radius 1 is 1.17 bits per heavy atom. The predicted molar refractivity (Wildman–Crippen MR) is 67.9 cm³/mol. The number of Topliss-reactive ketones (excluding diaryl/α,β-unsaturated/α-hetero) is 1. The summed E-state index contributed by atoms with van der Waals surface area (Å²) >= 11 is 0. The van der Waals surface area contributed by atoms with Crippen molar-refractivity contribution in [2.75, 3.05) is 14.2 Å². The Balaban J connectivity index is 2.66. The van der Waals surface area contributed by atoms with E-state index in [1.165, 1.54) is 14.2 Å². The van der Waals surface area contributed by atoms with Gasteiger partial charge in [-0.1, -0.05) is 11.6 Å². The van der Waals surface area contributed by atoms with Crippen LogP contribution in [0, 0.1) is 6.92 Å². The van der Waals surface area contributed by atoms with Crippen molar-refractivity contribution >= 4 is 11.8 Å². The van der Waals surface area contributed by atoms with Crippen LogP contribution in [-0.4, -0.2) is 26.0 Å². The molecule has 0 spiro atoms. The number of esters is 1. The maximum Gasteiger partial charge on any atom is 0.305 e. The van der Waals surface area contributed by atoms with Gasteiger partial charge in [0.25, 0.3) is 0 Å². The van der Waals surface area contributed by atoms with Gasteiger partial charge in [0.05, 0.1) is 19.8 Å². The molecule has 0 radical (unpaired) electrons. The average molecular weight is 250 g/mol. The number of aryl methyl sites for hydroxylation is 1. The van der Waals surface area contributed by atoms with Crippen molar-refractivity contribution in [2.45, 2.75) is 26.2 Å². The highest BCUT2D eigenvalue weighted by molar-refractivity contribution is 5.99. The standard InChI is InChI=1S/C14H18O4/c1-10-7-8-13(17-2)11(9-10)12(15)5-4-6-14(16)18-3/h7-9H,4-6H2,1-3H3. The van der Waals surface area contributed by atoms with Crippen molar-refractivity contribution in [3.05, 3.63) is 29.3 Å². The molecule has 0 unspecified atom stereocenters. The van der Waals surface area contributed by atoms with Crippen molar-refractivity contribution in [3.8, 4) is 5.75 Å². The Morgan fingerprint density at radius 2 is 1.89 bits per heavy atom. The summed E-state index contributed by atoms with van der Waals surface area (Å²) in [5.74, 6) is 0.266. The van der Waals surface area contributed by atoms with Gasteiger partial charge in [0.2, 0.25) is 0 Å². The molecule has 0 atom stereocenters. The van der Waals surface area contributed by atoms with E-state index in [-0.39, 0.29) is 18.2 Å². The summed E-state index contributed by atoms with van der Waals surface area (Å²) in [6, 6.07) is 5.48. The fourth-order valence-electron chi connectivity index (χ4n) is 1.67. The van der Waals surface area contributed by atoms with Gasteiger partial charge in [-0.15, -0.1) is 0 Å². The first kappa shape index (κ1) is 14.2. The highest BCUT2D eigenvalue weighted by Crippen LogP contribution is 2.21. The fraction of sp³-hybridized carbons (Fsp3) is 0.429. The highest BCUT2D eigenvalue weighted by atomic mass is 16.5. The Kier molecular flexibility index (Phi) is 5.36. The molecule has 1 rings (SSSR count). The van der Waals surface area contributed by atoms with Gasteiger partial charge in [0, 0.05) is 12.8 Å². The number of ether oxygens (including phenoxy) is 2. The van der Waals surface area contributed by atoms with Crippen molar-refractivity contribution in [3.63, 3.8) is 0 Å². The number of methoxy groups -OCH3 is 2. The Morgan fingerprint density at radius 3 is 2.50 bits per heavy atom. The zero-order valence-electron chi connectivity index (χ0n) is 11.0. The van der Waals surface area contributed by atoms with E-state index >= 15 is 0 Å². The number of hydrogen-bond acceptors (Lipinski definition) is 4. The Labute approximate surface area is 107 Å². The van der Waals surface area contributed by atoms with Crippen LogP contribution in [-0.2, 0) is 9.53 Å². The summed E-state index contributed by atoms with van der Waals surface area (Å²) in [6.45, 7) is 1.92. The van der Waals surface area contributed by atoms with Gasteiger partial charge in [-0.25, -0.2) is 0 Å². The van der Waals surface area contributed by atoms with E-state index in [1.54, 1.807) is 12.1 Å². The van der Waals surface area contributed by atoms with E-state index in [1.807, 2.05) is 13.0 Å². The lowest BCUT2D eigenvalue weighted by atomic mass is 10.0. The summed E-state index contributed by atoms with van der Waals surface area (Å²) in [6.07, 6.45) is 1.06. The molecule has 4 nitrogen and oxygen atoms in total. The second kappa shape index (κ2) is 6.79. The number of ketones is 1. The third-order valence-corrected chi connectivity index (χ3v) is 2.67. The van der Waals surface area contributed by atoms with E-state index in [0.29, 0.717) is 24.2 Å². The number of hydrogen-bond donors (Lipinski definition) is 0. The van der Waals surface area contributed by atoms with Crippen molar-refractivity contribution in [1.29, 1.82) is 0 Å². The number of carbonyl (C=O) groups excluding carboxylic acids is 2. The molecule has 0 aliphatic heterocycles.